The molecule has 1 aromatic heterocycles. The van der Waals surface area contributed by atoms with Crippen LogP contribution in [0.4, 0.5) is 0 Å². The van der Waals surface area contributed by atoms with E-state index < -0.39 is 0 Å². The highest BCUT2D eigenvalue weighted by atomic mass is 16.3. The van der Waals surface area contributed by atoms with Gasteiger partial charge in [-0.3, -0.25) is 9.69 Å². The molecule has 0 fully saturated rings. The van der Waals surface area contributed by atoms with Crippen molar-refractivity contribution in [1.82, 2.24) is 20.1 Å². The van der Waals surface area contributed by atoms with E-state index in [1.54, 1.807) is 0 Å². The Morgan fingerprint density at radius 3 is 2.62 bits per heavy atom. The van der Waals surface area contributed by atoms with Crippen LogP contribution in [-0.4, -0.2) is 53.9 Å². The van der Waals surface area contributed by atoms with Gasteiger partial charge in [0, 0.05) is 25.7 Å². The topological polar surface area (TPSA) is 61.6 Å². The molecular weight excluding hydrogens is 328 g/mol. The monoisotopic (exact) mass is 358 g/mol. The predicted molar refractivity (Wildman–Crippen MR) is 103 cm³/mol. The van der Waals surface area contributed by atoms with E-state index in [0.29, 0.717) is 30.7 Å². The van der Waals surface area contributed by atoms with Gasteiger partial charge in [0.15, 0.2) is 5.69 Å². The van der Waals surface area contributed by atoms with Gasteiger partial charge >= 0.3 is 0 Å². The number of aromatic nitrogens is 1. The Morgan fingerprint density at radius 1 is 1.23 bits per heavy atom. The second-order valence-electron chi connectivity index (χ2n) is 7.11. The largest absolute Gasteiger partial charge is 0.447 e. The average Bonchev–Trinajstić information content (AvgIpc) is 3.04. The first-order chi connectivity index (χ1) is 12.4. The summed E-state index contributed by atoms with van der Waals surface area (Å²) in [5, 5.41) is 2.85. The fourth-order valence-corrected chi connectivity index (χ4v) is 2.57. The van der Waals surface area contributed by atoms with Gasteiger partial charge in [-0.25, -0.2) is 4.98 Å². The third kappa shape index (κ3) is 5.97. The first kappa shape index (κ1) is 20.1. The lowest BCUT2D eigenvalue weighted by molar-refractivity contribution is 0.0946. The van der Waals surface area contributed by atoms with Crippen LogP contribution in [0.15, 0.2) is 34.9 Å². The highest BCUT2D eigenvalue weighted by Gasteiger charge is 2.17. The van der Waals surface area contributed by atoms with Crippen LogP contribution in [0.1, 0.15) is 41.4 Å². The molecule has 0 aliphatic rings. The van der Waals surface area contributed by atoms with Gasteiger partial charge in [-0.05, 0) is 46.0 Å². The van der Waals surface area contributed by atoms with Gasteiger partial charge in [0.2, 0.25) is 5.89 Å². The summed E-state index contributed by atoms with van der Waals surface area (Å²) < 4.78 is 5.54. The molecule has 1 heterocycles. The lowest BCUT2D eigenvalue weighted by Crippen LogP contribution is -2.32. The van der Waals surface area contributed by atoms with Crippen LogP contribution >= 0.6 is 0 Å². The van der Waals surface area contributed by atoms with E-state index >= 15 is 0 Å². The first-order valence-electron chi connectivity index (χ1n) is 9.02. The zero-order chi connectivity index (χ0) is 19.1. The van der Waals surface area contributed by atoms with E-state index in [0.717, 1.165) is 13.1 Å². The number of nitrogens with zero attached hydrogens (tertiary/aromatic N) is 3. The number of nitrogens with one attached hydrogen (secondary N) is 1. The Balaban J connectivity index is 1.98. The summed E-state index contributed by atoms with van der Waals surface area (Å²) in [5.41, 5.74) is 2.89. The van der Waals surface area contributed by atoms with E-state index in [9.17, 15) is 4.79 Å². The lowest BCUT2D eigenvalue weighted by Gasteiger charge is -2.25. The molecule has 1 N–H and O–H groups in total. The molecule has 2 aromatic rings. The molecule has 0 atom stereocenters. The zero-order valence-corrected chi connectivity index (χ0v) is 16.5. The molecule has 0 aliphatic heterocycles. The van der Waals surface area contributed by atoms with Crippen molar-refractivity contribution in [3.05, 3.63) is 53.2 Å². The number of aryl methyl sites for hydroxylation is 1. The van der Waals surface area contributed by atoms with Crippen molar-refractivity contribution in [2.45, 2.75) is 39.9 Å². The summed E-state index contributed by atoms with van der Waals surface area (Å²) in [6, 6.07) is 8.70. The molecule has 26 heavy (non-hydrogen) atoms. The Labute approximate surface area is 156 Å². The van der Waals surface area contributed by atoms with Crippen molar-refractivity contribution in [3.8, 4) is 0 Å². The normalized spacial score (nSPS) is 11.5. The van der Waals surface area contributed by atoms with Gasteiger partial charge in [-0.15, -0.1) is 0 Å². The summed E-state index contributed by atoms with van der Waals surface area (Å²) in [4.78, 5) is 20.8. The van der Waals surface area contributed by atoms with E-state index in [1.165, 1.54) is 17.4 Å². The Morgan fingerprint density at radius 2 is 1.96 bits per heavy atom. The predicted octanol–water partition coefficient (Wildman–Crippen LogP) is 2.69. The molecule has 6 heteroatoms. The number of benzene rings is 1. The SMILES string of the molecule is Cc1ccccc1CN(Cc1nc(C(=O)NCCN(C)C)co1)C(C)C. The van der Waals surface area contributed by atoms with Crippen LogP contribution in [0.2, 0.25) is 0 Å². The van der Waals surface area contributed by atoms with Gasteiger partial charge in [0.1, 0.15) is 6.26 Å². The quantitative estimate of drug-likeness (QED) is 0.747. The molecule has 0 saturated carbocycles. The maximum Gasteiger partial charge on any atom is 0.273 e. The van der Waals surface area contributed by atoms with Crippen molar-refractivity contribution < 1.29 is 9.21 Å². The third-order valence-electron chi connectivity index (χ3n) is 4.33. The van der Waals surface area contributed by atoms with Crippen molar-refractivity contribution in [1.29, 1.82) is 0 Å². The van der Waals surface area contributed by atoms with Crippen molar-refractivity contribution in [2.75, 3.05) is 27.2 Å². The van der Waals surface area contributed by atoms with Gasteiger partial charge in [0.25, 0.3) is 5.91 Å². The standard InChI is InChI=1S/C20H30N4O2/c1-15(2)24(12-17-9-7-6-8-16(17)3)13-19-22-18(14-26-19)20(25)21-10-11-23(4)5/h6-9,14-15H,10-13H2,1-5H3,(H,21,25). The van der Waals surface area contributed by atoms with Crippen molar-refractivity contribution in [2.24, 2.45) is 0 Å². The van der Waals surface area contributed by atoms with Crippen LogP contribution in [0.25, 0.3) is 0 Å². The Kier molecular flexibility index (Phi) is 7.36. The number of hydrogen-bond donors (Lipinski definition) is 1. The Hall–Kier alpha value is -2.18. The highest BCUT2D eigenvalue weighted by Crippen LogP contribution is 2.16. The molecule has 0 unspecified atom stereocenters. The summed E-state index contributed by atoms with van der Waals surface area (Å²) in [5.74, 6) is 0.363. The van der Waals surface area contributed by atoms with E-state index in [-0.39, 0.29) is 5.91 Å². The minimum Gasteiger partial charge on any atom is -0.447 e. The molecule has 142 valence electrons. The van der Waals surface area contributed by atoms with Gasteiger partial charge in [-0.2, -0.15) is 0 Å². The molecule has 6 nitrogen and oxygen atoms in total. The van der Waals surface area contributed by atoms with Gasteiger partial charge in [-0.1, -0.05) is 24.3 Å². The molecule has 0 aliphatic carbocycles. The molecule has 0 saturated heterocycles. The number of rotatable bonds is 9. The van der Waals surface area contributed by atoms with Gasteiger partial charge < -0.3 is 14.6 Å². The number of oxazole rings is 1. The summed E-state index contributed by atoms with van der Waals surface area (Å²) in [7, 11) is 3.94. The second kappa shape index (κ2) is 9.50. The highest BCUT2D eigenvalue weighted by molar-refractivity contribution is 5.91. The summed E-state index contributed by atoms with van der Waals surface area (Å²) in [6.45, 7) is 9.17. The lowest BCUT2D eigenvalue weighted by atomic mass is 10.1. The molecule has 0 spiro atoms. The average molecular weight is 358 g/mol. The number of carbonyl (C=O) groups is 1. The minimum atomic E-state index is -0.197. The smallest absolute Gasteiger partial charge is 0.273 e. The van der Waals surface area contributed by atoms with Crippen LogP contribution < -0.4 is 5.32 Å². The summed E-state index contributed by atoms with van der Waals surface area (Å²) in [6.07, 6.45) is 1.44. The van der Waals surface area contributed by atoms with Crippen LogP contribution in [0, 0.1) is 6.92 Å². The molecular formula is C20H30N4O2. The number of carbonyl (C=O) groups excluding carboxylic acids is 1. The summed E-state index contributed by atoms with van der Waals surface area (Å²) >= 11 is 0. The molecule has 1 aromatic carbocycles. The number of amides is 1. The molecule has 0 bridgehead atoms. The maximum atomic E-state index is 12.1. The molecule has 2 rings (SSSR count). The van der Waals surface area contributed by atoms with Crippen LogP contribution in [-0.2, 0) is 13.1 Å². The van der Waals surface area contributed by atoms with Crippen LogP contribution in [0.3, 0.4) is 0 Å². The minimum absolute atomic E-state index is 0.197. The first-order valence-corrected chi connectivity index (χ1v) is 9.02. The molecule has 0 radical (unpaired) electrons. The maximum absolute atomic E-state index is 12.1. The molecule has 1 amide bonds. The van der Waals surface area contributed by atoms with Gasteiger partial charge in [0.05, 0.1) is 6.54 Å². The fourth-order valence-electron chi connectivity index (χ4n) is 2.57. The van der Waals surface area contributed by atoms with E-state index in [4.69, 9.17) is 4.42 Å². The number of hydrogen-bond acceptors (Lipinski definition) is 5. The zero-order valence-electron chi connectivity index (χ0n) is 16.5. The third-order valence-corrected chi connectivity index (χ3v) is 4.33. The number of likely N-dealkylation sites (N-methyl/N-ethyl adjacent to an activating group) is 1. The Bertz CT molecular complexity index is 709. The van der Waals surface area contributed by atoms with Crippen molar-refractivity contribution in [3.63, 3.8) is 0 Å². The fraction of sp³-hybridized carbons (Fsp3) is 0.500. The van der Waals surface area contributed by atoms with E-state index in [2.05, 4.69) is 54.2 Å². The van der Waals surface area contributed by atoms with E-state index in [1.807, 2.05) is 25.1 Å². The van der Waals surface area contributed by atoms with Crippen LogP contribution in [0.5, 0.6) is 0 Å². The second-order valence-corrected chi connectivity index (χ2v) is 7.11. The van der Waals surface area contributed by atoms with Crippen molar-refractivity contribution >= 4 is 5.91 Å².